The standard InChI is InChI=1S/C37H50N2/c1-27-12-9-16-32(24-27)25-39-23-22-37-31(5)33(17-11-18-34(37)26-39)20-21-36-28(2)13-7-8-19-35(36)29(3)14-10-15-30(4)38-6/h7-8,10-11,13-15,17,27,32,38H,3,9,12,16,18,20-26H2,1-2,4-6H3/b14-10-,30-15+. The van der Waals surface area contributed by atoms with Crippen LogP contribution in [0.4, 0.5) is 0 Å². The van der Waals surface area contributed by atoms with Crippen molar-refractivity contribution < 1.29 is 0 Å². The minimum absolute atomic E-state index is 0.902. The molecule has 0 bridgehead atoms. The van der Waals surface area contributed by atoms with Gasteiger partial charge in [0.15, 0.2) is 0 Å². The third kappa shape index (κ3) is 7.87. The lowest BCUT2D eigenvalue weighted by atomic mass is 9.81. The molecule has 3 aliphatic carbocycles. The summed E-state index contributed by atoms with van der Waals surface area (Å²) < 4.78 is 0. The molecule has 39 heavy (non-hydrogen) atoms. The maximum Gasteiger partial charge on any atom is 0.0265 e. The first-order chi connectivity index (χ1) is 18.9. The minimum atomic E-state index is 0.902. The topological polar surface area (TPSA) is 15.3 Å². The molecule has 2 unspecified atom stereocenters. The van der Waals surface area contributed by atoms with Crippen molar-refractivity contribution in [1.82, 2.24) is 10.2 Å². The first kappa shape index (κ1) is 29.2. The van der Waals surface area contributed by atoms with Gasteiger partial charge in [0.05, 0.1) is 0 Å². The molecule has 2 atom stereocenters. The molecule has 2 nitrogen and oxygen atoms in total. The molecule has 0 saturated heterocycles. The summed E-state index contributed by atoms with van der Waals surface area (Å²) in [6.45, 7) is 17.2. The maximum absolute atomic E-state index is 4.40. The minimum Gasteiger partial charge on any atom is -0.392 e. The molecule has 0 aromatic rings. The molecule has 1 fully saturated rings. The van der Waals surface area contributed by atoms with Crippen LogP contribution in [0.25, 0.3) is 0 Å². The van der Waals surface area contributed by atoms with Gasteiger partial charge >= 0.3 is 0 Å². The summed E-state index contributed by atoms with van der Waals surface area (Å²) >= 11 is 0. The van der Waals surface area contributed by atoms with Crippen LogP contribution in [0, 0.1) is 11.8 Å². The predicted octanol–water partition coefficient (Wildman–Crippen LogP) is 9.08. The summed E-state index contributed by atoms with van der Waals surface area (Å²) in [7, 11) is 1.94. The maximum atomic E-state index is 4.40. The number of nitrogens with one attached hydrogen (secondary N) is 1. The second-order valence-corrected chi connectivity index (χ2v) is 12.2. The van der Waals surface area contributed by atoms with Crippen LogP contribution in [0.15, 0.2) is 111 Å². The average molecular weight is 523 g/mol. The highest BCUT2D eigenvalue weighted by molar-refractivity contribution is 5.56. The largest absolute Gasteiger partial charge is 0.392 e. The van der Waals surface area contributed by atoms with E-state index in [4.69, 9.17) is 0 Å². The van der Waals surface area contributed by atoms with E-state index in [1.807, 2.05) is 13.1 Å². The molecular formula is C37H50N2. The molecule has 0 spiro atoms. The summed E-state index contributed by atoms with van der Waals surface area (Å²) in [5, 5.41) is 3.17. The molecule has 1 heterocycles. The molecule has 2 heteroatoms. The lowest BCUT2D eigenvalue weighted by Gasteiger charge is -2.36. The molecule has 208 valence electrons. The number of allylic oxidation sites excluding steroid dienone is 14. The molecule has 1 N–H and O–H groups in total. The van der Waals surface area contributed by atoms with Crippen molar-refractivity contribution in [3.8, 4) is 0 Å². The normalized spacial score (nSPS) is 24.7. The second-order valence-electron chi connectivity index (χ2n) is 12.2. The van der Waals surface area contributed by atoms with Crippen molar-refractivity contribution in [3.05, 3.63) is 111 Å². The molecule has 1 aliphatic heterocycles. The summed E-state index contributed by atoms with van der Waals surface area (Å²) in [6, 6.07) is 0. The summed E-state index contributed by atoms with van der Waals surface area (Å²) in [4.78, 5) is 2.76. The van der Waals surface area contributed by atoms with Crippen LogP contribution < -0.4 is 5.32 Å². The third-order valence-corrected chi connectivity index (χ3v) is 9.15. The van der Waals surface area contributed by atoms with Gasteiger partial charge < -0.3 is 5.32 Å². The Hall–Kier alpha value is -2.80. The first-order valence-electron chi connectivity index (χ1n) is 15.2. The van der Waals surface area contributed by atoms with E-state index in [9.17, 15) is 0 Å². The fraction of sp³-hybridized carbons (Fsp3) is 0.486. The van der Waals surface area contributed by atoms with Gasteiger partial charge in [0.1, 0.15) is 0 Å². The van der Waals surface area contributed by atoms with Crippen molar-refractivity contribution in [2.75, 3.05) is 26.7 Å². The van der Waals surface area contributed by atoms with Gasteiger partial charge in [-0.1, -0.05) is 62.8 Å². The van der Waals surface area contributed by atoms with E-state index in [-0.39, 0.29) is 0 Å². The molecule has 0 aromatic heterocycles. The average Bonchev–Trinajstić information content (AvgIpc) is 3.20. The second kappa shape index (κ2) is 14.0. The van der Waals surface area contributed by atoms with Crippen molar-refractivity contribution in [2.45, 2.75) is 79.1 Å². The van der Waals surface area contributed by atoms with Gasteiger partial charge in [0.2, 0.25) is 0 Å². The highest BCUT2D eigenvalue weighted by atomic mass is 15.1. The van der Waals surface area contributed by atoms with Crippen molar-refractivity contribution in [3.63, 3.8) is 0 Å². The highest BCUT2D eigenvalue weighted by Crippen LogP contribution is 2.36. The first-order valence-corrected chi connectivity index (χ1v) is 15.2. The number of rotatable bonds is 9. The van der Waals surface area contributed by atoms with Crippen LogP contribution in [0.1, 0.15) is 79.1 Å². The molecule has 0 amide bonds. The fourth-order valence-corrected chi connectivity index (χ4v) is 6.76. The summed E-state index contributed by atoms with van der Waals surface area (Å²) in [5.41, 5.74) is 15.8. The van der Waals surface area contributed by atoms with Gasteiger partial charge in [-0.05, 0) is 122 Å². The van der Waals surface area contributed by atoms with Crippen molar-refractivity contribution in [1.29, 1.82) is 0 Å². The zero-order valence-corrected chi connectivity index (χ0v) is 25.2. The Morgan fingerprint density at radius 2 is 2.05 bits per heavy atom. The van der Waals surface area contributed by atoms with E-state index in [1.165, 1.54) is 67.5 Å². The lowest BCUT2D eigenvalue weighted by Crippen LogP contribution is -2.37. The van der Waals surface area contributed by atoms with E-state index in [0.29, 0.717) is 0 Å². The Labute approximate surface area is 238 Å². The molecule has 0 aromatic carbocycles. The zero-order chi connectivity index (χ0) is 27.8. The Bertz CT molecular complexity index is 1220. The molecule has 0 radical (unpaired) electrons. The van der Waals surface area contributed by atoms with Gasteiger partial charge in [-0.3, -0.25) is 4.90 Å². The number of hydrogen-bond donors (Lipinski definition) is 1. The smallest absolute Gasteiger partial charge is 0.0265 e. The summed E-state index contributed by atoms with van der Waals surface area (Å²) in [6.07, 6.45) is 27.5. The fourth-order valence-electron chi connectivity index (χ4n) is 6.76. The number of nitrogens with zero attached hydrogens (tertiary/aromatic N) is 1. The van der Waals surface area contributed by atoms with Crippen LogP contribution in [0.3, 0.4) is 0 Å². The number of hydrogen-bond acceptors (Lipinski definition) is 2. The lowest BCUT2D eigenvalue weighted by molar-refractivity contribution is 0.184. The Balaban J connectivity index is 1.46. The Morgan fingerprint density at radius 3 is 2.85 bits per heavy atom. The zero-order valence-electron chi connectivity index (χ0n) is 25.2. The van der Waals surface area contributed by atoms with E-state index in [1.54, 1.807) is 11.1 Å². The van der Waals surface area contributed by atoms with Gasteiger partial charge in [-0.15, -0.1) is 5.73 Å². The van der Waals surface area contributed by atoms with Gasteiger partial charge in [-0.25, -0.2) is 0 Å². The van der Waals surface area contributed by atoms with Crippen LogP contribution in [0.2, 0.25) is 0 Å². The molecule has 1 saturated carbocycles. The third-order valence-electron chi connectivity index (χ3n) is 9.15. The van der Waals surface area contributed by atoms with Crippen LogP contribution in [-0.2, 0) is 0 Å². The van der Waals surface area contributed by atoms with Gasteiger partial charge in [0, 0.05) is 38.0 Å². The monoisotopic (exact) mass is 522 g/mol. The van der Waals surface area contributed by atoms with E-state index < -0.39 is 0 Å². The molecule has 4 aliphatic rings. The van der Waals surface area contributed by atoms with Crippen molar-refractivity contribution >= 4 is 0 Å². The Morgan fingerprint density at radius 1 is 1.21 bits per heavy atom. The Kier molecular flexibility index (Phi) is 10.5. The van der Waals surface area contributed by atoms with E-state index >= 15 is 0 Å². The SMILES string of the molecule is C=C(/C=C\C=C(/C)NC)C1=C=CC=CC(C)=C1CCC1=C(C)C2=C(CC=C1)CN(CC1CCCC(C)C1)CC2. The van der Waals surface area contributed by atoms with E-state index in [0.717, 1.165) is 54.5 Å². The predicted molar refractivity (Wildman–Crippen MR) is 169 cm³/mol. The summed E-state index contributed by atoms with van der Waals surface area (Å²) in [5.74, 6) is 1.82. The van der Waals surface area contributed by atoms with Crippen molar-refractivity contribution in [2.24, 2.45) is 11.8 Å². The quantitative estimate of drug-likeness (QED) is 0.240. The van der Waals surface area contributed by atoms with Gasteiger partial charge in [-0.2, -0.15) is 0 Å². The van der Waals surface area contributed by atoms with Crippen LogP contribution >= 0.6 is 0 Å². The molecular weight excluding hydrogens is 472 g/mol. The van der Waals surface area contributed by atoms with E-state index in [2.05, 4.69) is 92.8 Å². The molecule has 4 rings (SSSR count). The van der Waals surface area contributed by atoms with Crippen LogP contribution in [-0.4, -0.2) is 31.6 Å². The van der Waals surface area contributed by atoms with Gasteiger partial charge in [0.25, 0.3) is 0 Å². The highest BCUT2D eigenvalue weighted by Gasteiger charge is 2.26. The van der Waals surface area contributed by atoms with Crippen LogP contribution in [0.5, 0.6) is 0 Å².